The Morgan fingerprint density at radius 1 is 1.08 bits per heavy atom. The number of esters is 1. The smallest absolute Gasteiger partial charge is 0.457 e. The van der Waals surface area contributed by atoms with Crippen LogP contribution < -0.4 is 10.1 Å². The first-order valence-corrected chi connectivity index (χ1v) is 17.9. The van der Waals surface area contributed by atoms with Gasteiger partial charge in [-0.25, -0.2) is 14.6 Å². The number of carbonyl (C=O) groups is 3. The minimum Gasteiger partial charge on any atom is -0.486 e. The van der Waals surface area contributed by atoms with E-state index in [1.807, 2.05) is 39.8 Å². The lowest BCUT2D eigenvalue weighted by molar-refractivity contribution is -0.199. The molecule has 0 spiro atoms. The van der Waals surface area contributed by atoms with Crippen LogP contribution >= 0.6 is 0 Å². The summed E-state index contributed by atoms with van der Waals surface area (Å²) in [6.07, 6.45) is 5.56. The predicted molar refractivity (Wildman–Crippen MR) is 187 cm³/mol. The summed E-state index contributed by atoms with van der Waals surface area (Å²) < 4.78 is 30.7. The fraction of sp³-hybridized carbons (Fsp3) is 0.676. The van der Waals surface area contributed by atoms with Gasteiger partial charge < -0.3 is 38.7 Å². The molecule has 50 heavy (non-hydrogen) atoms. The number of likely N-dealkylation sites (tertiary alicyclic amines) is 1. The molecule has 2 aliphatic heterocycles. The Morgan fingerprint density at radius 2 is 1.78 bits per heavy atom. The highest BCUT2D eigenvalue weighted by atomic mass is 16.7. The quantitative estimate of drug-likeness (QED) is 0.247. The summed E-state index contributed by atoms with van der Waals surface area (Å²) in [5, 5.41) is 2.66. The molecule has 5 aliphatic rings. The largest absolute Gasteiger partial charge is 0.486 e. The Morgan fingerprint density at radius 3 is 2.40 bits per heavy atom. The van der Waals surface area contributed by atoms with Gasteiger partial charge in [0.25, 0.3) is 5.91 Å². The highest BCUT2D eigenvalue weighted by Gasteiger charge is 2.67. The second-order valence-corrected chi connectivity index (χ2v) is 17.2. The third kappa shape index (κ3) is 7.13. The molecule has 2 aromatic rings. The SMILES string of the molecule is Cc1c(CCB2O[C@@H]3C[C@@H]4C[C@@H](C4(C)C)[C@]3(C)O2)ccc(OC2CN(C(=O)[C@@H](NC(=O)OC(C)(C)C)c3cnc[nH]3)C2)c1C(=O)OC(C)(C)C. The normalized spacial score (nSPS) is 26.3. The number of ether oxygens (including phenoxy) is 3. The first-order valence-electron chi connectivity index (χ1n) is 17.9. The van der Waals surface area contributed by atoms with Crippen LogP contribution in [0.15, 0.2) is 24.7 Å². The zero-order chi connectivity index (χ0) is 36.4. The van der Waals surface area contributed by atoms with Crippen LogP contribution in [0, 0.1) is 24.2 Å². The molecule has 2 bridgehead atoms. The van der Waals surface area contributed by atoms with Crippen LogP contribution in [0.3, 0.4) is 0 Å². The van der Waals surface area contributed by atoms with Crippen molar-refractivity contribution in [2.75, 3.05) is 13.1 Å². The van der Waals surface area contributed by atoms with Gasteiger partial charge in [-0.1, -0.05) is 19.9 Å². The molecule has 12 nitrogen and oxygen atoms in total. The van der Waals surface area contributed by atoms with Crippen LogP contribution in [0.1, 0.15) is 108 Å². The molecule has 272 valence electrons. The fourth-order valence-electron chi connectivity index (χ4n) is 8.21. The summed E-state index contributed by atoms with van der Waals surface area (Å²) in [7, 11) is -0.297. The standard InChI is InChI=1S/C37H53BN4O8/c1-21-22(13-14-38-49-28-16-23-15-27(36(23,8)9)37(28,10)50-38)11-12-26(29(21)32(44)47-34(2,3)4)46-24-18-42(19-24)31(43)30(25-17-39-20-40-25)41-33(45)48-35(5,6)7/h11-12,17,20,23-24,27-28,30H,13-16,18-19H2,1-10H3,(H,39,40)(H,41,45)/t23-,27-,28+,30-,37-/m0/s1. The van der Waals surface area contributed by atoms with Gasteiger partial charge in [0.1, 0.15) is 28.6 Å². The zero-order valence-electron chi connectivity index (χ0n) is 31.2. The number of H-pyrrole nitrogens is 1. The molecule has 0 radical (unpaired) electrons. The molecule has 2 N–H and O–H groups in total. The van der Waals surface area contributed by atoms with Gasteiger partial charge in [-0.15, -0.1) is 0 Å². The Bertz CT molecular complexity index is 1610. The minimum atomic E-state index is -1.01. The van der Waals surface area contributed by atoms with Gasteiger partial charge in [-0.3, -0.25) is 4.79 Å². The topological polar surface area (TPSA) is 141 Å². The lowest BCUT2D eigenvalue weighted by Gasteiger charge is -2.64. The molecule has 1 aromatic heterocycles. The van der Waals surface area contributed by atoms with Crippen molar-refractivity contribution in [3.8, 4) is 5.75 Å². The zero-order valence-corrected chi connectivity index (χ0v) is 31.2. The van der Waals surface area contributed by atoms with Gasteiger partial charge >= 0.3 is 19.2 Å². The van der Waals surface area contributed by atoms with Crippen LogP contribution in [-0.4, -0.2) is 82.1 Å². The van der Waals surface area contributed by atoms with Gasteiger partial charge in [0.05, 0.1) is 43.0 Å². The second-order valence-electron chi connectivity index (χ2n) is 17.2. The summed E-state index contributed by atoms with van der Waals surface area (Å²) in [6, 6.07) is 2.80. The van der Waals surface area contributed by atoms with Crippen molar-refractivity contribution in [2.24, 2.45) is 17.3 Å². The average molecular weight is 693 g/mol. The number of alkyl carbamates (subject to hydrolysis) is 1. The number of hydrogen-bond donors (Lipinski definition) is 2. The van der Waals surface area contributed by atoms with Crippen molar-refractivity contribution in [1.29, 1.82) is 0 Å². The van der Waals surface area contributed by atoms with Crippen molar-refractivity contribution in [3.63, 3.8) is 0 Å². The number of amides is 2. The van der Waals surface area contributed by atoms with Gasteiger partial charge in [-0.2, -0.15) is 0 Å². The number of imidazole rings is 1. The molecule has 3 aliphatic carbocycles. The summed E-state index contributed by atoms with van der Waals surface area (Å²) >= 11 is 0. The molecule has 5 fully saturated rings. The van der Waals surface area contributed by atoms with E-state index in [0.29, 0.717) is 41.6 Å². The summed E-state index contributed by atoms with van der Waals surface area (Å²) in [5.74, 6) is 0.796. The Balaban J connectivity index is 1.12. The Kier molecular flexibility index (Phi) is 9.33. The maximum atomic E-state index is 13.6. The number of aromatic nitrogens is 2. The number of hydrogen-bond acceptors (Lipinski definition) is 9. The minimum absolute atomic E-state index is 0.121. The molecule has 0 unspecified atom stereocenters. The number of carbonyl (C=O) groups excluding carboxylic acids is 3. The third-order valence-corrected chi connectivity index (χ3v) is 11.0. The van der Waals surface area contributed by atoms with E-state index in [1.54, 1.807) is 25.7 Å². The molecule has 2 amide bonds. The summed E-state index contributed by atoms with van der Waals surface area (Å²) in [5.41, 5.74) is 1.18. The highest BCUT2D eigenvalue weighted by Crippen LogP contribution is 2.65. The van der Waals surface area contributed by atoms with Crippen LogP contribution in [-0.2, 0) is 30.0 Å². The molecule has 5 atom stereocenters. The lowest BCUT2D eigenvalue weighted by atomic mass is 9.43. The summed E-state index contributed by atoms with van der Waals surface area (Å²) in [6.45, 7) is 20.2. The maximum absolute atomic E-state index is 13.6. The lowest BCUT2D eigenvalue weighted by Crippen LogP contribution is -2.65. The van der Waals surface area contributed by atoms with Crippen molar-refractivity contribution in [1.82, 2.24) is 20.2 Å². The highest BCUT2D eigenvalue weighted by molar-refractivity contribution is 6.45. The number of rotatable bonds is 9. The van der Waals surface area contributed by atoms with E-state index in [2.05, 4.69) is 36.1 Å². The van der Waals surface area contributed by atoms with E-state index in [1.165, 1.54) is 18.9 Å². The van der Waals surface area contributed by atoms with E-state index in [0.717, 1.165) is 17.5 Å². The second kappa shape index (κ2) is 12.9. The molecule has 2 saturated heterocycles. The van der Waals surface area contributed by atoms with Crippen LogP contribution in [0.4, 0.5) is 4.79 Å². The van der Waals surface area contributed by atoms with Crippen molar-refractivity contribution in [3.05, 3.63) is 47.0 Å². The van der Waals surface area contributed by atoms with Crippen molar-refractivity contribution in [2.45, 2.75) is 130 Å². The number of aryl methyl sites for hydroxylation is 1. The van der Waals surface area contributed by atoms with Crippen LogP contribution in [0.25, 0.3) is 0 Å². The number of nitrogens with zero attached hydrogens (tertiary/aromatic N) is 2. The van der Waals surface area contributed by atoms with E-state index in [4.69, 9.17) is 23.5 Å². The van der Waals surface area contributed by atoms with Gasteiger partial charge in [0.15, 0.2) is 6.04 Å². The Labute approximate surface area is 295 Å². The maximum Gasteiger partial charge on any atom is 0.457 e. The molecule has 3 heterocycles. The molecule has 13 heteroatoms. The summed E-state index contributed by atoms with van der Waals surface area (Å²) in [4.78, 5) is 48.3. The first kappa shape index (κ1) is 36.2. The molecular formula is C37H53BN4O8. The molecular weight excluding hydrogens is 639 g/mol. The average Bonchev–Trinajstić information content (AvgIpc) is 3.62. The van der Waals surface area contributed by atoms with E-state index < -0.39 is 29.3 Å². The van der Waals surface area contributed by atoms with Gasteiger partial charge in [0.2, 0.25) is 0 Å². The monoisotopic (exact) mass is 692 g/mol. The number of aromatic amines is 1. The van der Waals surface area contributed by atoms with Crippen LogP contribution in [0.2, 0.25) is 6.32 Å². The van der Waals surface area contributed by atoms with E-state index in [9.17, 15) is 14.4 Å². The molecule has 3 saturated carbocycles. The van der Waals surface area contributed by atoms with Crippen molar-refractivity contribution < 1.29 is 37.9 Å². The van der Waals surface area contributed by atoms with Gasteiger partial charge in [0, 0.05) is 0 Å². The van der Waals surface area contributed by atoms with Crippen molar-refractivity contribution >= 4 is 25.1 Å². The first-order chi connectivity index (χ1) is 23.2. The number of nitrogens with one attached hydrogen (secondary N) is 2. The van der Waals surface area contributed by atoms with Crippen LogP contribution in [0.5, 0.6) is 5.75 Å². The predicted octanol–water partition coefficient (Wildman–Crippen LogP) is 5.80. The molecule has 1 aromatic carbocycles. The Hall–Kier alpha value is -3.58. The van der Waals surface area contributed by atoms with Gasteiger partial charge in [-0.05, 0) is 115 Å². The third-order valence-electron chi connectivity index (χ3n) is 11.0. The van der Waals surface area contributed by atoms with E-state index >= 15 is 0 Å². The molecule has 7 rings (SSSR count). The number of benzene rings is 1. The van der Waals surface area contributed by atoms with E-state index in [-0.39, 0.29) is 49.3 Å². The fourth-order valence-corrected chi connectivity index (χ4v) is 8.21.